The van der Waals surface area contributed by atoms with Crippen LogP contribution in [0.3, 0.4) is 0 Å². The summed E-state index contributed by atoms with van der Waals surface area (Å²) in [5.74, 6) is 0.326. The Bertz CT molecular complexity index is 546. The number of carbonyl (C=O) groups is 1. The van der Waals surface area contributed by atoms with Crippen LogP contribution < -0.4 is 5.32 Å². The number of nitrogens with zero attached hydrogens (tertiary/aromatic N) is 5. The molecule has 26 heavy (non-hydrogen) atoms. The minimum Gasteiger partial charge on any atom is -0.338 e. The fourth-order valence-corrected chi connectivity index (χ4v) is 3.88. The third-order valence-electron chi connectivity index (χ3n) is 5.57. The molecular weight excluding hydrogens is 328 g/mol. The van der Waals surface area contributed by atoms with Crippen LogP contribution in [0.15, 0.2) is 18.6 Å². The van der Waals surface area contributed by atoms with E-state index in [1.165, 1.54) is 13.1 Å². The van der Waals surface area contributed by atoms with E-state index in [-0.39, 0.29) is 6.03 Å². The van der Waals surface area contributed by atoms with Gasteiger partial charge in [-0.15, -0.1) is 0 Å². The molecule has 2 aliphatic heterocycles. The van der Waals surface area contributed by atoms with Gasteiger partial charge in [-0.1, -0.05) is 6.92 Å². The van der Waals surface area contributed by atoms with Crippen molar-refractivity contribution in [3.63, 3.8) is 0 Å². The Balaban J connectivity index is 1.34. The maximum atomic E-state index is 12.5. The number of aromatic nitrogens is 2. The van der Waals surface area contributed by atoms with Gasteiger partial charge in [0.05, 0.1) is 0 Å². The van der Waals surface area contributed by atoms with E-state index >= 15 is 0 Å². The first-order chi connectivity index (χ1) is 12.8. The van der Waals surface area contributed by atoms with E-state index in [1.54, 1.807) is 12.5 Å². The van der Waals surface area contributed by atoms with Gasteiger partial charge < -0.3 is 20.0 Å². The van der Waals surface area contributed by atoms with Gasteiger partial charge in [-0.25, -0.2) is 14.8 Å². The van der Waals surface area contributed by atoms with Crippen molar-refractivity contribution in [3.8, 4) is 0 Å². The SMILES string of the molecule is CCN1CCN(CCCNC(=O)N2CCC[C@@H](c3ccncn3)C2)CC1. The summed E-state index contributed by atoms with van der Waals surface area (Å²) in [6.45, 7) is 11.4. The van der Waals surface area contributed by atoms with Crippen LogP contribution in [0.2, 0.25) is 0 Å². The molecule has 1 aromatic heterocycles. The molecule has 0 spiro atoms. The van der Waals surface area contributed by atoms with Crippen molar-refractivity contribution in [2.75, 3.05) is 58.9 Å². The summed E-state index contributed by atoms with van der Waals surface area (Å²) in [6.07, 6.45) is 6.51. The molecule has 2 fully saturated rings. The molecule has 0 radical (unpaired) electrons. The summed E-state index contributed by atoms with van der Waals surface area (Å²) in [4.78, 5) is 27.7. The van der Waals surface area contributed by atoms with Crippen molar-refractivity contribution in [2.45, 2.75) is 32.1 Å². The molecule has 0 aromatic carbocycles. The first kappa shape index (κ1) is 19.0. The van der Waals surface area contributed by atoms with Gasteiger partial charge in [0.1, 0.15) is 6.33 Å². The number of amides is 2. The molecule has 0 bridgehead atoms. The van der Waals surface area contributed by atoms with E-state index in [9.17, 15) is 4.79 Å². The van der Waals surface area contributed by atoms with Crippen LogP contribution in [0.5, 0.6) is 0 Å². The second-order valence-electron chi connectivity index (χ2n) is 7.28. The molecule has 3 rings (SSSR count). The van der Waals surface area contributed by atoms with Crippen LogP contribution >= 0.6 is 0 Å². The highest BCUT2D eigenvalue weighted by Gasteiger charge is 2.25. The summed E-state index contributed by atoms with van der Waals surface area (Å²) in [6, 6.07) is 2.03. The molecule has 1 aromatic rings. The van der Waals surface area contributed by atoms with E-state index in [1.807, 2.05) is 11.0 Å². The van der Waals surface area contributed by atoms with E-state index in [0.717, 1.165) is 70.8 Å². The first-order valence-corrected chi connectivity index (χ1v) is 9.99. The number of likely N-dealkylation sites (N-methyl/N-ethyl adjacent to an activating group) is 1. The lowest BCUT2D eigenvalue weighted by molar-refractivity contribution is 0.135. The van der Waals surface area contributed by atoms with Crippen molar-refractivity contribution in [1.82, 2.24) is 30.0 Å². The number of piperidine rings is 1. The van der Waals surface area contributed by atoms with Crippen LogP contribution in [-0.4, -0.2) is 89.6 Å². The lowest BCUT2D eigenvalue weighted by Crippen LogP contribution is -2.47. The number of likely N-dealkylation sites (tertiary alicyclic amines) is 1. The molecule has 7 heteroatoms. The van der Waals surface area contributed by atoms with Crippen LogP contribution in [0.1, 0.15) is 37.8 Å². The van der Waals surface area contributed by atoms with Crippen LogP contribution in [0, 0.1) is 0 Å². The number of carbonyl (C=O) groups excluding carboxylic acids is 1. The molecule has 0 unspecified atom stereocenters. The molecule has 2 aliphatic rings. The van der Waals surface area contributed by atoms with Crippen molar-refractivity contribution >= 4 is 6.03 Å². The van der Waals surface area contributed by atoms with Gasteiger partial charge in [-0.05, 0) is 38.4 Å². The molecule has 1 atom stereocenters. The Morgan fingerprint density at radius 2 is 2.04 bits per heavy atom. The smallest absolute Gasteiger partial charge is 0.317 e. The average Bonchev–Trinajstić information content (AvgIpc) is 2.72. The topological polar surface area (TPSA) is 64.6 Å². The molecular formula is C19H32N6O. The first-order valence-electron chi connectivity index (χ1n) is 9.99. The molecule has 7 nitrogen and oxygen atoms in total. The van der Waals surface area contributed by atoms with Gasteiger partial charge in [0, 0.05) is 63.6 Å². The normalized spacial score (nSPS) is 22.3. The third kappa shape index (κ3) is 5.38. The second kappa shape index (κ2) is 9.83. The number of piperazine rings is 1. The summed E-state index contributed by atoms with van der Waals surface area (Å²) in [7, 11) is 0. The summed E-state index contributed by atoms with van der Waals surface area (Å²) < 4.78 is 0. The molecule has 3 heterocycles. The molecule has 2 saturated heterocycles. The zero-order valence-corrected chi connectivity index (χ0v) is 15.9. The number of hydrogen-bond donors (Lipinski definition) is 1. The minimum atomic E-state index is 0.0690. The predicted octanol–water partition coefficient (Wildman–Crippen LogP) is 1.39. The maximum Gasteiger partial charge on any atom is 0.317 e. The van der Waals surface area contributed by atoms with E-state index in [2.05, 4.69) is 32.0 Å². The number of rotatable bonds is 6. The quantitative estimate of drug-likeness (QED) is 0.777. The van der Waals surface area contributed by atoms with Gasteiger partial charge in [-0.3, -0.25) is 0 Å². The van der Waals surface area contributed by atoms with E-state index in [0.29, 0.717) is 5.92 Å². The maximum absolute atomic E-state index is 12.5. The third-order valence-corrected chi connectivity index (χ3v) is 5.57. The summed E-state index contributed by atoms with van der Waals surface area (Å²) in [5.41, 5.74) is 1.05. The van der Waals surface area contributed by atoms with Crippen LogP contribution in [0.4, 0.5) is 4.79 Å². The standard InChI is InChI=1S/C19H32N6O/c1-2-23-11-13-24(14-12-23)9-4-7-21-19(26)25-10-3-5-17(15-25)18-6-8-20-16-22-18/h6,8,16-17H,2-5,7,9-15H2,1H3,(H,21,26)/t17-/m1/s1. The van der Waals surface area contributed by atoms with Crippen molar-refractivity contribution < 1.29 is 4.79 Å². The number of hydrogen-bond acceptors (Lipinski definition) is 5. The lowest BCUT2D eigenvalue weighted by atomic mass is 9.95. The van der Waals surface area contributed by atoms with Gasteiger partial charge >= 0.3 is 6.03 Å². The second-order valence-corrected chi connectivity index (χ2v) is 7.28. The van der Waals surface area contributed by atoms with Crippen LogP contribution in [-0.2, 0) is 0 Å². The Kier molecular flexibility index (Phi) is 7.20. The van der Waals surface area contributed by atoms with Gasteiger partial charge in [0.15, 0.2) is 0 Å². The fourth-order valence-electron chi connectivity index (χ4n) is 3.88. The molecule has 0 aliphatic carbocycles. The largest absolute Gasteiger partial charge is 0.338 e. The number of nitrogens with one attached hydrogen (secondary N) is 1. The molecule has 144 valence electrons. The van der Waals surface area contributed by atoms with E-state index in [4.69, 9.17) is 0 Å². The number of urea groups is 1. The zero-order valence-electron chi connectivity index (χ0n) is 15.9. The monoisotopic (exact) mass is 360 g/mol. The highest BCUT2D eigenvalue weighted by molar-refractivity contribution is 5.74. The van der Waals surface area contributed by atoms with Crippen molar-refractivity contribution in [1.29, 1.82) is 0 Å². The summed E-state index contributed by atoms with van der Waals surface area (Å²) >= 11 is 0. The van der Waals surface area contributed by atoms with Crippen molar-refractivity contribution in [2.24, 2.45) is 0 Å². The van der Waals surface area contributed by atoms with Crippen LogP contribution in [0.25, 0.3) is 0 Å². The molecule has 2 amide bonds. The van der Waals surface area contributed by atoms with Crippen molar-refractivity contribution in [3.05, 3.63) is 24.3 Å². The Labute approximate surface area is 156 Å². The minimum absolute atomic E-state index is 0.0690. The Morgan fingerprint density at radius 1 is 1.23 bits per heavy atom. The average molecular weight is 361 g/mol. The Morgan fingerprint density at radius 3 is 2.77 bits per heavy atom. The van der Waals surface area contributed by atoms with Gasteiger partial charge in [0.25, 0.3) is 0 Å². The summed E-state index contributed by atoms with van der Waals surface area (Å²) in [5, 5.41) is 3.10. The zero-order chi connectivity index (χ0) is 18.2. The highest BCUT2D eigenvalue weighted by atomic mass is 16.2. The van der Waals surface area contributed by atoms with E-state index < -0.39 is 0 Å². The molecule has 0 saturated carbocycles. The molecule has 1 N–H and O–H groups in total. The predicted molar refractivity (Wildman–Crippen MR) is 102 cm³/mol. The fraction of sp³-hybridized carbons (Fsp3) is 0.737. The lowest BCUT2D eigenvalue weighted by Gasteiger charge is -2.34. The van der Waals surface area contributed by atoms with Gasteiger partial charge in [-0.2, -0.15) is 0 Å². The van der Waals surface area contributed by atoms with Gasteiger partial charge in [0.2, 0.25) is 0 Å². The Hall–Kier alpha value is -1.73. The highest BCUT2D eigenvalue weighted by Crippen LogP contribution is 2.24.